The van der Waals surface area contributed by atoms with Crippen LogP contribution in [0.4, 0.5) is 0 Å². The summed E-state index contributed by atoms with van der Waals surface area (Å²) in [5.74, 6) is 1.31. The van der Waals surface area contributed by atoms with Gasteiger partial charge in [0.1, 0.15) is 0 Å². The first kappa shape index (κ1) is 12.7. The standard InChI is InChI=1S/C14H17N3OS/c1-10(19-11-6-3-2-4-7-11)12-16-13(17-18-12)14(15)8-5-9-14/h2-4,6-7,10H,5,8-9,15H2,1H3. The van der Waals surface area contributed by atoms with Crippen LogP contribution < -0.4 is 5.73 Å². The molecule has 1 aromatic carbocycles. The Morgan fingerprint density at radius 2 is 2.05 bits per heavy atom. The molecule has 0 bridgehead atoms. The number of hydrogen-bond acceptors (Lipinski definition) is 5. The van der Waals surface area contributed by atoms with Crippen LogP contribution >= 0.6 is 11.8 Å². The minimum atomic E-state index is -0.348. The summed E-state index contributed by atoms with van der Waals surface area (Å²) < 4.78 is 5.36. The van der Waals surface area contributed by atoms with E-state index in [9.17, 15) is 0 Å². The molecule has 0 saturated heterocycles. The Kier molecular flexibility index (Phi) is 3.33. The third-order valence-electron chi connectivity index (χ3n) is 3.54. The summed E-state index contributed by atoms with van der Waals surface area (Å²) in [4.78, 5) is 5.67. The Labute approximate surface area is 116 Å². The van der Waals surface area contributed by atoms with Gasteiger partial charge in [0.15, 0.2) is 5.82 Å². The molecule has 0 aliphatic heterocycles. The van der Waals surface area contributed by atoms with Crippen molar-refractivity contribution >= 4 is 11.8 Å². The molecule has 2 aromatic rings. The first-order chi connectivity index (χ1) is 9.17. The molecule has 0 spiro atoms. The topological polar surface area (TPSA) is 64.9 Å². The lowest BCUT2D eigenvalue weighted by Gasteiger charge is -2.34. The Bertz CT molecular complexity index is 551. The van der Waals surface area contributed by atoms with Crippen molar-refractivity contribution in [2.24, 2.45) is 5.73 Å². The first-order valence-electron chi connectivity index (χ1n) is 6.52. The molecular formula is C14H17N3OS. The number of nitrogens with zero attached hydrogens (tertiary/aromatic N) is 2. The molecule has 1 aliphatic rings. The number of thioether (sulfide) groups is 1. The zero-order chi connectivity index (χ0) is 13.3. The van der Waals surface area contributed by atoms with Crippen molar-refractivity contribution in [2.75, 3.05) is 0 Å². The van der Waals surface area contributed by atoms with E-state index in [-0.39, 0.29) is 10.8 Å². The fourth-order valence-corrected chi connectivity index (χ4v) is 3.06. The van der Waals surface area contributed by atoms with Crippen molar-refractivity contribution in [2.45, 2.75) is 41.9 Å². The number of hydrogen-bond donors (Lipinski definition) is 1. The van der Waals surface area contributed by atoms with E-state index in [1.165, 1.54) is 4.90 Å². The molecule has 4 nitrogen and oxygen atoms in total. The number of nitrogens with two attached hydrogens (primary N) is 1. The lowest BCUT2D eigenvalue weighted by molar-refractivity contribution is 0.229. The quantitative estimate of drug-likeness (QED) is 0.868. The number of benzene rings is 1. The minimum Gasteiger partial charge on any atom is -0.338 e. The molecule has 2 N–H and O–H groups in total. The molecule has 1 atom stereocenters. The van der Waals surface area contributed by atoms with Crippen LogP contribution in [0.15, 0.2) is 39.8 Å². The zero-order valence-electron chi connectivity index (χ0n) is 10.9. The van der Waals surface area contributed by atoms with Crippen molar-refractivity contribution in [3.63, 3.8) is 0 Å². The molecule has 1 saturated carbocycles. The van der Waals surface area contributed by atoms with Gasteiger partial charge in [-0.25, -0.2) is 0 Å². The largest absolute Gasteiger partial charge is 0.338 e. The first-order valence-corrected chi connectivity index (χ1v) is 7.40. The molecule has 19 heavy (non-hydrogen) atoms. The predicted molar refractivity (Wildman–Crippen MR) is 74.7 cm³/mol. The summed E-state index contributed by atoms with van der Waals surface area (Å²) in [7, 11) is 0. The molecule has 0 radical (unpaired) electrons. The summed E-state index contributed by atoms with van der Waals surface area (Å²) in [5, 5.41) is 4.18. The fraction of sp³-hybridized carbons (Fsp3) is 0.429. The third-order valence-corrected chi connectivity index (χ3v) is 4.64. The highest BCUT2D eigenvalue weighted by Crippen LogP contribution is 2.39. The normalized spacial score (nSPS) is 18.8. The van der Waals surface area contributed by atoms with Crippen LogP contribution in [-0.2, 0) is 5.54 Å². The molecule has 3 rings (SSSR count). The second-order valence-electron chi connectivity index (χ2n) is 5.04. The van der Waals surface area contributed by atoms with E-state index in [1.807, 2.05) is 18.2 Å². The summed E-state index contributed by atoms with van der Waals surface area (Å²) in [6, 6.07) is 10.2. The fourth-order valence-electron chi connectivity index (χ4n) is 2.14. The molecule has 0 amide bonds. The van der Waals surface area contributed by atoms with Gasteiger partial charge >= 0.3 is 0 Å². The van der Waals surface area contributed by atoms with Gasteiger partial charge in [-0.3, -0.25) is 0 Å². The molecule has 1 unspecified atom stereocenters. The molecule has 100 valence electrons. The Balaban J connectivity index is 1.72. The van der Waals surface area contributed by atoms with Crippen LogP contribution in [0.5, 0.6) is 0 Å². The minimum absolute atomic E-state index is 0.132. The summed E-state index contributed by atoms with van der Waals surface area (Å²) in [6.07, 6.45) is 3.05. The predicted octanol–water partition coefficient (Wildman–Crippen LogP) is 3.26. The van der Waals surface area contributed by atoms with Crippen LogP contribution in [-0.4, -0.2) is 10.1 Å². The van der Waals surface area contributed by atoms with E-state index in [1.54, 1.807) is 11.8 Å². The van der Waals surface area contributed by atoms with Gasteiger partial charge in [-0.05, 0) is 38.3 Å². The smallest absolute Gasteiger partial charge is 0.239 e. The molecular weight excluding hydrogens is 258 g/mol. The van der Waals surface area contributed by atoms with Gasteiger partial charge in [0.05, 0.1) is 10.8 Å². The van der Waals surface area contributed by atoms with Gasteiger partial charge < -0.3 is 10.3 Å². The molecule has 5 heteroatoms. The summed E-state index contributed by atoms with van der Waals surface area (Å²) >= 11 is 1.71. The monoisotopic (exact) mass is 275 g/mol. The molecule has 1 aromatic heterocycles. The Morgan fingerprint density at radius 3 is 2.68 bits per heavy atom. The van der Waals surface area contributed by atoms with Crippen molar-refractivity contribution in [3.05, 3.63) is 42.0 Å². The van der Waals surface area contributed by atoms with Gasteiger partial charge in [-0.1, -0.05) is 23.4 Å². The maximum atomic E-state index is 6.20. The molecule has 1 heterocycles. The van der Waals surface area contributed by atoms with Gasteiger partial charge in [-0.2, -0.15) is 4.98 Å². The Hall–Kier alpha value is -1.33. The maximum absolute atomic E-state index is 6.20. The highest BCUT2D eigenvalue weighted by atomic mass is 32.2. The van der Waals surface area contributed by atoms with E-state index in [4.69, 9.17) is 10.3 Å². The maximum Gasteiger partial charge on any atom is 0.239 e. The van der Waals surface area contributed by atoms with Gasteiger partial charge in [-0.15, -0.1) is 11.8 Å². The van der Waals surface area contributed by atoms with Crippen LogP contribution in [0.2, 0.25) is 0 Å². The second kappa shape index (κ2) is 4.98. The Morgan fingerprint density at radius 1 is 1.32 bits per heavy atom. The second-order valence-corrected chi connectivity index (χ2v) is 6.45. The molecule has 1 aliphatic carbocycles. The van der Waals surface area contributed by atoms with E-state index in [0.717, 1.165) is 19.3 Å². The van der Waals surface area contributed by atoms with Gasteiger partial charge in [0.25, 0.3) is 0 Å². The van der Waals surface area contributed by atoms with Gasteiger partial charge in [0.2, 0.25) is 5.89 Å². The van der Waals surface area contributed by atoms with E-state index in [0.29, 0.717) is 11.7 Å². The van der Waals surface area contributed by atoms with Crippen molar-refractivity contribution in [1.82, 2.24) is 10.1 Å². The van der Waals surface area contributed by atoms with Crippen molar-refractivity contribution in [3.8, 4) is 0 Å². The highest BCUT2D eigenvalue weighted by Gasteiger charge is 2.39. The third kappa shape index (κ3) is 2.53. The van der Waals surface area contributed by atoms with E-state index >= 15 is 0 Å². The van der Waals surface area contributed by atoms with Crippen LogP contribution in [0.25, 0.3) is 0 Å². The summed E-state index contributed by atoms with van der Waals surface area (Å²) in [5.41, 5.74) is 5.85. The summed E-state index contributed by atoms with van der Waals surface area (Å²) in [6.45, 7) is 2.07. The average molecular weight is 275 g/mol. The lowest BCUT2D eigenvalue weighted by atomic mass is 9.77. The number of rotatable bonds is 4. The zero-order valence-corrected chi connectivity index (χ0v) is 11.7. The highest BCUT2D eigenvalue weighted by molar-refractivity contribution is 7.99. The van der Waals surface area contributed by atoms with E-state index in [2.05, 4.69) is 29.2 Å². The van der Waals surface area contributed by atoms with Gasteiger partial charge in [0, 0.05) is 4.90 Å². The van der Waals surface area contributed by atoms with Crippen molar-refractivity contribution < 1.29 is 4.52 Å². The van der Waals surface area contributed by atoms with Crippen LogP contribution in [0.3, 0.4) is 0 Å². The molecule has 1 fully saturated rings. The van der Waals surface area contributed by atoms with Crippen molar-refractivity contribution in [1.29, 1.82) is 0 Å². The lowest BCUT2D eigenvalue weighted by Crippen LogP contribution is -2.44. The van der Waals surface area contributed by atoms with Crippen LogP contribution in [0.1, 0.15) is 43.2 Å². The number of aromatic nitrogens is 2. The van der Waals surface area contributed by atoms with E-state index < -0.39 is 0 Å². The van der Waals surface area contributed by atoms with Crippen LogP contribution in [0, 0.1) is 0 Å². The average Bonchev–Trinajstić information content (AvgIpc) is 2.87. The SMILES string of the molecule is CC(Sc1ccccc1)c1nc(C2(N)CCC2)no1.